The molecule has 1 aliphatic heterocycles. The van der Waals surface area contributed by atoms with Gasteiger partial charge < -0.3 is 25.8 Å². The molecule has 0 amide bonds. The molecular formula is C30H47N9. The van der Waals surface area contributed by atoms with Crippen molar-refractivity contribution in [3.05, 3.63) is 48.4 Å². The molecule has 212 valence electrons. The summed E-state index contributed by atoms with van der Waals surface area (Å²) >= 11 is 0. The minimum atomic E-state index is 0.694. The van der Waals surface area contributed by atoms with E-state index in [2.05, 4.69) is 59.7 Å². The fourth-order valence-corrected chi connectivity index (χ4v) is 4.11. The molecular weight excluding hydrogens is 486 g/mol. The van der Waals surface area contributed by atoms with E-state index in [-0.39, 0.29) is 0 Å². The van der Waals surface area contributed by atoms with Crippen molar-refractivity contribution in [2.45, 2.75) is 47.0 Å². The van der Waals surface area contributed by atoms with Gasteiger partial charge in [0.1, 0.15) is 11.3 Å². The Morgan fingerprint density at radius 2 is 1.77 bits per heavy atom. The number of allylic oxidation sites excluding steroid dienone is 1. The summed E-state index contributed by atoms with van der Waals surface area (Å²) in [7, 11) is 1.94. The zero-order chi connectivity index (χ0) is 28.3. The second-order valence-electron chi connectivity index (χ2n) is 8.52. The number of hydrogen-bond donors (Lipinski definition) is 4. The molecule has 3 heterocycles. The van der Waals surface area contributed by atoms with Crippen LogP contribution in [0.15, 0.2) is 58.4 Å². The van der Waals surface area contributed by atoms with E-state index in [1.165, 1.54) is 19.3 Å². The van der Waals surface area contributed by atoms with Gasteiger partial charge in [0.25, 0.3) is 0 Å². The van der Waals surface area contributed by atoms with E-state index in [0.29, 0.717) is 6.54 Å². The third-order valence-corrected chi connectivity index (χ3v) is 5.91. The minimum absolute atomic E-state index is 0.694. The topological polar surface area (TPSA) is 106 Å². The van der Waals surface area contributed by atoms with Gasteiger partial charge in [-0.25, -0.2) is 9.97 Å². The van der Waals surface area contributed by atoms with Crippen LogP contribution in [0.25, 0.3) is 22.4 Å². The maximum atomic E-state index is 4.91. The van der Waals surface area contributed by atoms with Crippen LogP contribution in [-0.2, 0) is 0 Å². The summed E-state index contributed by atoms with van der Waals surface area (Å²) in [4.78, 5) is 23.7. The largest absolute Gasteiger partial charge is 0.355 e. The van der Waals surface area contributed by atoms with E-state index in [4.69, 9.17) is 4.98 Å². The number of likely N-dealkylation sites (N-methyl/N-ethyl adjacent to an activating group) is 1. The molecule has 3 aromatic rings. The van der Waals surface area contributed by atoms with Crippen LogP contribution < -0.4 is 20.9 Å². The second-order valence-corrected chi connectivity index (χ2v) is 8.52. The van der Waals surface area contributed by atoms with Crippen molar-refractivity contribution in [1.82, 2.24) is 25.6 Å². The number of imidazole rings is 1. The highest BCUT2D eigenvalue weighted by atomic mass is 15.2. The number of pyridine rings is 1. The average Bonchev–Trinajstić information content (AvgIpc) is 3.44. The molecule has 4 rings (SSSR count). The Morgan fingerprint density at radius 3 is 2.46 bits per heavy atom. The van der Waals surface area contributed by atoms with Crippen molar-refractivity contribution in [3.8, 4) is 11.4 Å². The van der Waals surface area contributed by atoms with Gasteiger partial charge in [0.2, 0.25) is 0 Å². The second kappa shape index (κ2) is 18.7. The number of nitrogens with zero attached hydrogens (tertiary/aromatic N) is 5. The molecule has 0 radical (unpaired) electrons. The molecule has 1 saturated heterocycles. The molecule has 0 aliphatic carbocycles. The van der Waals surface area contributed by atoms with Gasteiger partial charge in [0.05, 0.1) is 24.0 Å². The number of aromatic amines is 1. The van der Waals surface area contributed by atoms with E-state index in [1.54, 1.807) is 12.4 Å². The molecule has 9 heteroatoms. The van der Waals surface area contributed by atoms with E-state index in [0.717, 1.165) is 72.3 Å². The summed E-state index contributed by atoms with van der Waals surface area (Å²) in [6, 6.07) is 10.1. The maximum Gasteiger partial charge on any atom is 0.156 e. The summed E-state index contributed by atoms with van der Waals surface area (Å²) in [5.74, 6) is 1.82. The van der Waals surface area contributed by atoms with Crippen molar-refractivity contribution in [2.75, 3.05) is 56.5 Å². The van der Waals surface area contributed by atoms with Crippen LogP contribution in [0.4, 0.5) is 11.5 Å². The first kappa shape index (κ1) is 31.7. The minimum Gasteiger partial charge on any atom is -0.355 e. The van der Waals surface area contributed by atoms with Crippen LogP contribution in [0, 0.1) is 0 Å². The molecule has 0 spiro atoms. The number of piperidine rings is 1. The number of aliphatic imine (C=N–C) groups is 2. The van der Waals surface area contributed by atoms with Crippen molar-refractivity contribution < 1.29 is 0 Å². The third kappa shape index (κ3) is 9.92. The molecule has 9 nitrogen and oxygen atoms in total. The van der Waals surface area contributed by atoms with Crippen LogP contribution in [0.3, 0.4) is 0 Å². The summed E-state index contributed by atoms with van der Waals surface area (Å²) in [5.41, 5.74) is 4.69. The Hall–Kier alpha value is -3.56. The normalized spacial score (nSPS) is 13.5. The van der Waals surface area contributed by atoms with Crippen LogP contribution >= 0.6 is 0 Å². The average molecular weight is 534 g/mol. The van der Waals surface area contributed by atoms with Gasteiger partial charge in [-0.1, -0.05) is 27.7 Å². The smallest absolute Gasteiger partial charge is 0.156 e. The van der Waals surface area contributed by atoms with Gasteiger partial charge in [-0.3, -0.25) is 9.98 Å². The molecule has 0 unspecified atom stereocenters. The fourth-order valence-electron chi connectivity index (χ4n) is 4.11. The van der Waals surface area contributed by atoms with Gasteiger partial charge >= 0.3 is 0 Å². The highest BCUT2D eigenvalue weighted by Crippen LogP contribution is 2.28. The highest BCUT2D eigenvalue weighted by Gasteiger charge is 2.17. The Bertz CT molecular complexity index is 1140. The van der Waals surface area contributed by atoms with Crippen molar-refractivity contribution in [1.29, 1.82) is 0 Å². The lowest BCUT2D eigenvalue weighted by atomic mass is 10.1. The molecule has 1 fully saturated rings. The third-order valence-electron chi connectivity index (χ3n) is 5.91. The van der Waals surface area contributed by atoms with Gasteiger partial charge in [-0.2, -0.15) is 0 Å². The van der Waals surface area contributed by atoms with Crippen LogP contribution in [-0.4, -0.2) is 74.2 Å². The van der Waals surface area contributed by atoms with Gasteiger partial charge in [-0.05, 0) is 63.4 Å². The number of hydrogen-bond acceptors (Lipinski definition) is 8. The number of rotatable bonds is 12. The lowest BCUT2D eigenvalue weighted by Gasteiger charge is -2.27. The molecule has 0 saturated carbocycles. The predicted molar refractivity (Wildman–Crippen MR) is 169 cm³/mol. The Kier molecular flexibility index (Phi) is 15.1. The SMILES string of the molecule is C=N/C=C(\C=NCCNCCNC)Nc1ccc(-c2nc3c(N4CCCCC4)nccc3[nH]2)cc1.CC.CC. The number of anilines is 2. The number of aromatic nitrogens is 3. The summed E-state index contributed by atoms with van der Waals surface area (Å²) in [6.07, 6.45) is 9.03. The summed E-state index contributed by atoms with van der Waals surface area (Å²) < 4.78 is 0. The Balaban J connectivity index is 0.00000127. The van der Waals surface area contributed by atoms with Gasteiger partial charge in [0, 0.05) is 56.4 Å². The summed E-state index contributed by atoms with van der Waals surface area (Å²) in [5, 5.41) is 9.78. The zero-order valence-corrected chi connectivity index (χ0v) is 24.4. The molecule has 4 N–H and O–H groups in total. The monoisotopic (exact) mass is 533 g/mol. The standard InChI is InChI=1S/C26H35N9.2C2H6/c1-27-12-13-29-14-15-30-19-22(18-28-2)32-21-8-6-20(7-9-21)25-33-23-10-11-31-26(24(23)34-25)35-16-4-3-5-17-35;2*1-2/h6-11,18-19,27,29,32H,2-5,12-17H2,1H3,(H,33,34);2*1-2H3/b22-18+,30-19?;;. The molecule has 1 aliphatic rings. The van der Waals surface area contributed by atoms with Crippen LogP contribution in [0.5, 0.6) is 0 Å². The van der Waals surface area contributed by atoms with E-state index < -0.39 is 0 Å². The van der Waals surface area contributed by atoms with Gasteiger partial charge in [0.15, 0.2) is 5.82 Å². The van der Waals surface area contributed by atoms with E-state index >= 15 is 0 Å². The fraction of sp³-hybridized carbons (Fsp3) is 0.467. The van der Waals surface area contributed by atoms with E-state index in [9.17, 15) is 0 Å². The zero-order valence-electron chi connectivity index (χ0n) is 24.4. The number of nitrogens with one attached hydrogen (secondary N) is 4. The Labute approximate surface area is 234 Å². The van der Waals surface area contributed by atoms with Gasteiger partial charge in [-0.15, -0.1) is 0 Å². The molecule has 0 atom stereocenters. The molecule has 39 heavy (non-hydrogen) atoms. The van der Waals surface area contributed by atoms with Crippen molar-refractivity contribution >= 4 is 35.5 Å². The lowest BCUT2D eigenvalue weighted by molar-refractivity contribution is 0.574. The first-order valence-corrected chi connectivity index (χ1v) is 14.3. The quantitative estimate of drug-likeness (QED) is 0.181. The predicted octanol–water partition coefficient (Wildman–Crippen LogP) is 5.50. The van der Waals surface area contributed by atoms with E-state index in [1.807, 2.05) is 59.1 Å². The first-order chi connectivity index (χ1) is 19.3. The number of benzene rings is 1. The van der Waals surface area contributed by atoms with Crippen molar-refractivity contribution in [3.63, 3.8) is 0 Å². The molecule has 2 aromatic heterocycles. The van der Waals surface area contributed by atoms with Crippen molar-refractivity contribution in [2.24, 2.45) is 9.98 Å². The highest BCUT2D eigenvalue weighted by molar-refractivity contribution is 5.89. The molecule has 1 aromatic carbocycles. The first-order valence-electron chi connectivity index (χ1n) is 14.3. The molecule has 0 bridgehead atoms. The summed E-state index contributed by atoms with van der Waals surface area (Å²) in [6.45, 7) is 17.0. The van der Waals surface area contributed by atoms with Crippen LogP contribution in [0.2, 0.25) is 0 Å². The maximum absolute atomic E-state index is 4.91. The Morgan fingerprint density at radius 1 is 1.03 bits per heavy atom. The van der Waals surface area contributed by atoms with Crippen LogP contribution in [0.1, 0.15) is 47.0 Å². The number of fused-ring (bicyclic) bond motifs is 1. The lowest BCUT2D eigenvalue weighted by Crippen LogP contribution is -2.30. The number of H-pyrrole nitrogens is 1.